The molecule has 1 aromatic heterocycles. The number of carbonyl (C=O) groups is 1. The van der Waals surface area contributed by atoms with E-state index in [1.807, 2.05) is 6.92 Å². The zero-order valence-electron chi connectivity index (χ0n) is 9.25. The van der Waals surface area contributed by atoms with Crippen molar-refractivity contribution in [2.75, 3.05) is 7.11 Å². The lowest BCUT2D eigenvalue weighted by atomic mass is 10.1. The van der Waals surface area contributed by atoms with Crippen molar-refractivity contribution in [3.8, 4) is 0 Å². The number of ether oxygens (including phenoxy) is 1. The van der Waals surface area contributed by atoms with E-state index in [1.165, 1.54) is 13.3 Å². The summed E-state index contributed by atoms with van der Waals surface area (Å²) >= 11 is 12.2. The molecule has 0 aliphatic heterocycles. The van der Waals surface area contributed by atoms with E-state index in [-0.39, 0.29) is 5.56 Å². The van der Waals surface area contributed by atoms with E-state index in [2.05, 4.69) is 9.72 Å². The Morgan fingerprint density at radius 1 is 1.35 bits per heavy atom. The second kappa shape index (κ2) is 4.51. The van der Waals surface area contributed by atoms with Gasteiger partial charge in [-0.25, -0.2) is 4.79 Å². The number of pyridine rings is 1. The van der Waals surface area contributed by atoms with Gasteiger partial charge < -0.3 is 4.74 Å². The lowest BCUT2D eigenvalue weighted by Gasteiger charge is -2.07. The van der Waals surface area contributed by atoms with Crippen molar-refractivity contribution in [2.45, 2.75) is 6.92 Å². The molecule has 0 aliphatic carbocycles. The fourth-order valence-electron chi connectivity index (χ4n) is 1.54. The van der Waals surface area contributed by atoms with Crippen LogP contribution in [-0.2, 0) is 4.74 Å². The van der Waals surface area contributed by atoms with Gasteiger partial charge in [0.15, 0.2) is 0 Å². The highest BCUT2D eigenvalue weighted by molar-refractivity contribution is 6.38. The first kappa shape index (κ1) is 12.1. The molecular formula is C12H9Cl2NO2. The van der Waals surface area contributed by atoms with Gasteiger partial charge in [-0.15, -0.1) is 0 Å². The van der Waals surface area contributed by atoms with Crippen LogP contribution in [0.25, 0.3) is 10.9 Å². The monoisotopic (exact) mass is 269 g/mol. The van der Waals surface area contributed by atoms with Crippen LogP contribution in [0.3, 0.4) is 0 Å². The highest BCUT2D eigenvalue weighted by Gasteiger charge is 2.15. The Bertz CT molecular complexity index is 611. The molecule has 0 aliphatic rings. The van der Waals surface area contributed by atoms with Gasteiger partial charge in [0.25, 0.3) is 0 Å². The lowest BCUT2D eigenvalue weighted by Crippen LogP contribution is -2.03. The summed E-state index contributed by atoms with van der Waals surface area (Å²) in [5.41, 5.74) is 1.78. The number of aryl methyl sites for hydroxylation is 1. The number of fused-ring (bicyclic) bond motifs is 1. The molecule has 17 heavy (non-hydrogen) atoms. The van der Waals surface area contributed by atoms with Crippen LogP contribution in [0.5, 0.6) is 0 Å². The van der Waals surface area contributed by atoms with Crippen LogP contribution in [0.4, 0.5) is 0 Å². The normalized spacial score (nSPS) is 10.6. The highest BCUT2D eigenvalue weighted by atomic mass is 35.5. The maximum absolute atomic E-state index is 11.5. The third-order valence-corrected chi connectivity index (χ3v) is 3.30. The second-order valence-electron chi connectivity index (χ2n) is 3.60. The maximum atomic E-state index is 11.5. The summed E-state index contributed by atoms with van der Waals surface area (Å²) in [6.07, 6.45) is 1.39. The van der Waals surface area contributed by atoms with Crippen LogP contribution < -0.4 is 0 Å². The van der Waals surface area contributed by atoms with Crippen molar-refractivity contribution in [1.82, 2.24) is 4.98 Å². The van der Waals surface area contributed by atoms with Crippen LogP contribution in [-0.4, -0.2) is 18.1 Å². The van der Waals surface area contributed by atoms with Crippen molar-refractivity contribution >= 4 is 40.1 Å². The van der Waals surface area contributed by atoms with Crippen LogP contribution in [0, 0.1) is 6.92 Å². The first-order valence-corrected chi connectivity index (χ1v) is 5.63. The highest BCUT2D eigenvalue weighted by Crippen LogP contribution is 2.30. The number of rotatable bonds is 1. The number of halogens is 2. The molecule has 2 aromatic rings. The molecule has 0 radical (unpaired) electrons. The van der Waals surface area contributed by atoms with Crippen molar-refractivity contribution in [3.05, 3.63) is 39.5 Å². The average Bonchev–Trinajstić information content (AvgIpc) is 2.31. The van der Waals surface area contributed by atoms with Crippen LogP contribution in [0.1, 0.15) is 15.9 Å². The van der Waals surface area contributed by atoms with Gasteiger partial charge in [0.05, 0.1) is 23.2 Å². The molecule has 0 saturated heterocycles. The Balaban J connectivity index is 2.75. The van der Waals surface area contributed by atoms with Crippen molar-refractivity contribution < 1.29 is 9.53 Å². The number of aromatic nitrogens is 1. The van der Waals surface area contributed by atoms with Crippen LogP contribution >= 0.6 is 23.2 Å². The van der Waals surface area contributed by atoms with Gasteiger partial charge in [0.2, 0.25) is 0 Å². The van der Waals surface area contributed by atoms with Gasteiger partial charge in [0, 0.05) is 16.6 Å². The van der Waals surface area contributed by atoms with Crippen molar-refractivity contribution in [2.24, 2.45) is 0 Å². The SMILES string of the molecule is COC(=O)c1cnc2cc(Cl)c(C)cc2c1Cl. The third-order valence-electron chi connectivity index (χ3n) is 2.49. The number of carbonyl (C=O) groups excluding carboxylic acids is 1. The molecule has 1 heterocycles. The zero-order valence-corrected chi connectivity index (χ0v) is 10.8. The van der Waals surface area contributed by atoms with E-state index in [0.29, 0.717) is 20.9 Å². The molecule has 0 fully saturated rings. The topological polar surface area (TPSA) is 39.2 Å². The minimum atomic E-state index is -0.503. The summed E-state index contributed by atoms with van der Waals surface area (Å²) in [6, 6.07) is 3.53. The molecule has 88 valence electrons. The number of nitrogens with zero attached hydrogens (tertiary/aromatic N) is 1. The molecule has 1 aromatic carbocycles. The molecule has 0 spiro atoms. The van der Waals surface area contributed by atoms with Crippen molar-refractivity contribution in [3.63, 3.8) is 0 Å². The summed E-state index contributed by atoms with van der Waals surface area (Å²) in [7, 11) is 1.30. The fourth-order valence-corrected chi connectivity index (χ4v) is 1.98. The van der Waals surface area contributed by atoms with E-state index in [1.54, 1.807) is 12.1 Å². The molecule has 0 bridgehead atoms. The zero-order chi connectivity index (χ0) is 12.6. The molecule has 2 rings (SSSR count). The van der Waals surface area contributed by atoms with Gasteiger partial charge in [-0.05, 0) is 24.6 Å². The molecule has 0 unspecified atom stereocenters. The van der Waals surface area contributed by atoms with Gasteiger partial charge in [-0.2, -0.15) is 0 Å². The van der Waals surface area contributed by atoms with E-state index in [4.69, 9.17) is 23.2 Å². The molecule has 3 nitrogen and oxygen atoms in total. The Morgan fingerprint density at radius 3 is 2.71 bits per heavy atom. The summed E-state index contributed by atoms with van der Waals surface area (Å²) in [4.78, 5) is 15.6. The molecule has 0 amide bonds. The van der Waals surface area contributed by atoms with Crippen LogP contribution in [0.2, 0.25) is 10.0 Å². The largest absolute Gasteiger partial charge is 0.465 e. The molecule has 0 saturated carbocycles. The number of hydrogen-bond acceptors (Lipinski definition) is 3. The first-order chi connectivity index (χ1) is 8.04. The lowest BCUT2D eigenvalue weighted by molar-refractivity contribution is 0.0600. The molecule has 5 heteroatoms. The molecule has 0 N–H and O–H groups in total. The Hall–Kier alpha value is -1.32. The van der Waals surface area contributed by atoms with Gasteiger partial charge in [-0.1, -0.05) is 23.2 Å². The Labute approximate surface area is 108 Å². The number of methoxy groups -OCH3 is 1. The third kappa shape index (κ3) is 2.08. The van der Waals surface area contributed by atoms with Gasteiger partial charge >= 0.3 is 5.97 Å². The van der Waals surface area contributed by atoms with E-state index >= 15 is 0 Å². The number of benzene rings is 1. The predicted octanol–water partition coefficient (Wildman–Crippen LogP) is 3.64. The average molecular weight is 270 g/mol. The van der Waals surface area contributed by atoms with Crippen LogP contribution in [0.15, 0.2) is 18.3 Å². The second-order valence-corrected chi connectivity index (χ2v) is 4.38. The first-order valence-electron chi connectivity index (χ1n) is 4.87. The summed E-state index contributed by atoms with van der Waals surface area (Å²) < 4.78 is 4.63. The van der Waals surface area contributed by atoms with Gasteiger partial charge in [-0.3, -0.25) is 4.98 Å². The Kier molecular flexibility index (Phi) is 3.22. The quantitative estimate of drug-likeness (QED) is 0.742. The standard InChI is InChI=1S/C12H9Cl2NO2/c1-6-3-7-10(4-9(6)13)15-5-8(11(7)14)12(16)17-2/h3-5H,1-2H3. The summed E-state index contributed by atoms with van der Waals surface area (Å²) in [6.45, 7) is 1.86. The summed E-state index contributed by atoms with van der Waals surface area (Å²) in [5.74, 6) is -0.503. The minimum Gasteiger partial charge on any atom is -0.465 e. The van der Waals surface area contributed by atoms with Crippen molar-refractivity contribution in [1.29, 1.82) is 0 Å². The maximum Gasteiger partial charge on any atom is 0.340 e. The molecule has 0 atom stereocenters. The fraction of sp³-hybridized carbons (Fsp3) is 0.167. The van der Waals surface area contributed by atoms with E-state index < -0.39 is 5.97 Å². The predicted molar refractivity (Wildman–Crippen MR) is 67.8 cm³/mol. The minimum absolute atomic E-state index is 0.253. The van der Waals surface area contributed by atoms with E-state index in [0.717, 1.165) is 5.56 Å². The van der Waals surface area contributed by atoms with Gasteiger partial charge in [0.1, 0.15) is 0 Å². The summed E-state index contributed by atoms with van der Waals surface area (Å²) in [5, 5.41) is 1.64. The number of esters is 1. The smallest absolute Gasteiger partial charge is 0.340 e. The van der Waals surface area contributed by atoms with E-state index in [9.17, 15) is 4.79 Å². The Morgan fingerprint density at radius 2 is 2.06 bits per heavy atom. The molecular weight excluding hydrogens is 261 g/mol. The number of hydrogen-bond donors (Lipinski definition) is 0.